The molecule has 1 aromatic rings. The van der Waals surface area contributed by atoms with Crippen LogP contribution >= 0.6 is 0 Å². The van der Waals surface area contributed by atoms with Crippen LogP contribution in [0.1, 0.15) is 34.9 Å². The summed E-state index contributed by atoms with van der Waals surface area (Å²) in [5, 5.41) is 9.03. The van der Waals surface area contributed by atoms with E-state index in [2.05, 4.69) is 21.8 Å². The molecule has 2 heterocycles. The Labute approximate surface area is 111 Å². The highest BCUT2D eigenvalue weighted by molar-refractivity contribution is 5.93. The summed E-state index contributed by atoms with van der Waals surface area (Å²) in [6.45, 7) is 6.82. The summed E-state index contributed by atoms with van der Waals surface area (Å²) >= 11 is 0. The second-order valence-corrected chi connectivity index (χ2v) is 4.49. The number of hydrogen-bond donors (Lipinski definition) is 2. The highest BCUT2D eigenvalue weighted by atomic mass is 16.5. The van der Waals surface area contributed by atoms with E-state index in [9.17, 15) is 4.79 Å². The molecule has 0 spiro atoms. The van der Waals surface area contributed by atoms with Crippen molar-refractivity contribution in [1.82, 2.24) is 14.9 Å². The number of nitrogens with two attached hydrogens (primary N) is 1. The van der Waals surface area contributed by atoms with Gasteiger partial charge in [-0.3, -0.25) is 4.90 Å². The molecule has 7 nitrogen and oxygen atoms in total. The van der Waals surface area contributed by atoms with Crippen molar-refractivity contribution in [2.24, 2.45) is 0 Å². The van der Waals surface area contributed by atoms with Crippen LogP contribution in [0, 0.1) is 6.92 Å². The molecule has 1 aliphatic heterocycles. The number of aromatic carboxylic acids is 1. The standard InChI is InChI=1S/C12H18N4O3/c1-3-16-4-5-19-8(6-16)11-14-7(2)9(12(17)18)10(13)15-11/h8H,3-6H2,1-2H3,(H,17,18)(H2,13,14,15). The van der Waals surface area contributed by atoms with Crippen molar-refractivity contribution >= 4 is 11.8 Å². The molecule has 0 radical (unpaired) electrons. The molecule has 3 N–H and O–H groups in total. The Morgan fingerprint density at radius 1 is 1.58 bits per heavy atom. The van der Waals surface area contributed by atoms with Crippen LogP contribution in [-0.2, 0) is 4.74 Å². The zero-order chi connectivity index (χ0) is 14.0. The van der Waals surface area contributed by atoms with E-state index in [0.29, 0.717) is 24.7 Å². The van der Waals surface area contributed by atoms with Crippen LogP contribution in [0.2, 0.25) is 0 Å². The van der Waals surface area contributed by atoms with E-state index in [1.807, 2.05) is 0 Å². The first kappa shape index (κ1) is 13.7. The fourth-order valence-electron chi connectivity index (χ4n) is 2.17. The molecule has 0 aromatic carbocycles. The van der Waals surface area contributed by atoms with Gasteiger partial charge in [0.25, 0.3) is 0 Å². The Balaban J connectivity index is 2.28. The first-order chi connectivity index (χ1) is 9.02. The number of aromatic nitrogens is 2. The van der Waals surface area contributed by atoms with Crippen LogP contribution in [0.4, 0.5) is 5.82 Å². The number of anilines is 1. The third kappa shape index (κ3) is 2.82. The Bertz CT molecular complexity index is 469. The van der Waals surface area contributed by atoms with Gasteiger partial charge in [-0.1, -0.05) is 6.92 Å². The van der Waals surface area contributed by atoms with Gasteiger partial charge in [-0.05, 0) is 13.5 Å². The maximum atomic E-state index is 11.0. The molecule has 0 aliphatic carbocycles. The molecule has 0 saturated carbocycles. The number of ether oxygens (including phenoxy) is 1. The number of rotatable bonds is 3. The Hall–Kier alpha value is -1.73. The number of morpholine rings is 1. The zero-order valence-corrected chi connectivity index (χ0v) is 11.1. The van der Waals surface area contributed by atoms with E-state index in [1.165, 1.54) is 0 Å². The van der Waals surface area contributed by atoms with Gasteiger partial charge in [0.1, 0.15) is 17.5 Å². The lowest BCUT2D eigenvalue weighted by molar-refractivity contribution is -0.0326. The quantitative estimate of drug-likeness (QED) is 0.819. The molecule has 2 rings (SSSR count). The topological polar surface area (TPSA) is 102 Å². The lowest BCUT2D eigenvalue weighted by Crippen LogP contribution is -2.38. The van der Waals surface area contributed by atoms with Gasteiger partial charge in [-0.25, -0.2) is 14.8 Å². The zero-order valence-electron chi connectivity index (χ0n) is 11.1. The van der Waals surface area contributed by atoms with Crippen molar-refractivity contribution in [3.63, 3.8) is 0 Å². The molecular formula is C12H18N4O3. The van der Waals surface area contributed by atoms with Crippen LogP contribution in [0.25, 0.3) is 0 Å². The number of hydrogen-bond acceptors (Lipinski definition) is 6. The van der Waals surface area contributed by atoms with Gasteiger partial charge in [-0.2, -0.15) is 0 Å². The van der Waals surface area contributed by atoms with Crippen molar-refractivity contribution < 1.29 is 14.6 Å². The smallest absolute Gasteiger partial charge is 0.341 e. The van der Waals surface area contributed by atoms with Gasteiger partial charge in [0, 0.05) is 13.1 Å². The van der Waals surface area contributed by atoms with Crippen LogP contribution < -0.4 is 5.73 Å². The minimum absolute atomic E-state index is 0.00720. The minimum Gasteiger partial charge on any atom is -0.477 e. The van der Waals surface area contributed by atoms with Gasteiger partial charge in [0.15, 0.2) is 5.82 Å². The molecule has 1 unspecified atom stereocenters. The van der Waals surface area contributed by atoms with Crippen LogP contribution in [-0.4, -0.2) is 52.2 Å². The van der Waals surface area contributed by atoms with E-state index in [4.69, 9.17) is 15.6 Å². The van der Waals surface area contributed by atoms with Gasteiger partial charge < -0.3 is 15.6 Å². The summed E-state index contributed by atoms with van der Waals surface area (Å²) < 4.78 is 5.64. The van der Waals surface area contributed by atoms with Gasteiger partial charge in [0.05, 0.1) is 12.3 Å². The number of nitrogens with zero attached hydrogens (tertiary/aromatic N) is 3. The van der Waals surface area contributed by atoms with Crippen molar-refractivity contribution in [3.05, 3.63) is 17.1 Å². The number of carbonyl (C=O) groups is 1. The van der Waals surface area contributed by atoms with Gasteiger partial charge in [-0.15, -0.1) is 0 Å². The average molecular weight is 266 g/mol. The van der Waals surface area contributed by atoms with Crippen LogP contribution in [0.5, 0.6) is 0 Å². The number of carboxylic acid groups (broad SMARTS) is 1. The molecule has 0 bridgehead atoms. The predicted molar refractivity (Wildman–Crippen MR) is 68.9 cm³/mol. The van der Waals surface area contributed by atoms with Crippen molar-refractivity contribution in [3.8, 4) is 0 Å². The second kappa shape index (κ2) is 5.50. The lowest BCUT2D eigenvalue weighted by Gasteiger charge is -2.31. The van der Waals surface area contributed by atoms with Crippen LogP contribution in [0.15, 0.2) is 0 Å². The molecule has 1 saturated heterocycles. The summed E-state index contributed by atoms with van der Waals surface area (Å²) in [6.07, 6.45) is -0.252. The van der Waals surface area contributed by atoms with Crippen molar-refractivity contribution in [2.75, 3.05) is 32.0 Å². The number of aryl methyl sites for hydroxylation is 1. The summed E-state index contributed by atoms with van der Waals surface area (Å²) in [7, 11) is 0. The van der Waals surface area contributed by atoms with Crippen molar-refractivity contribution in [1.29, 1.82) is 0 Å². The third-order valence-corrected chi connectivity index (χ3v) is 3.23. The molecule has 19 heavy (non-hydrogen) atoms. The van der Waals surface area contributed by atoms with Crippen molar-refractivity contribution in [2.45, 2.75) is 20.0 Å². The Kier molecular flexibility index (Phi) is 3.96. The first-order valence-electron chi connectivity index (χ1n) is 6.24. The highest BCUT2D eigenvalue weighted by Crippen LogP contribution is 2.22. The fraction of sp³-hybridized carbons (Fsp3) is 0.583. The molecule has 1 fully saturated rings. The van der Waals surface area contributed by atoms with E-state index in [1.54, 1.807) is 6.92 Å². The summed E-state index contributed by atoms with van der Waals surface area (Å²) in [5.41, 5.74) is 6.03. The maximum Gasteiger partial charge on any atom is 0.341 e. The molecule has 7 heteroatoms. The largest absolute Gasteiger partial charge is 0.477 e. The second-order valence-electron chi connectivity index (χ2n) is 4.49. The Morgan fingerprint density at radius 3 is 2.89 bits per heavy atom. The van der Waals surface area contributed by atoms with E-state index >= 15 is 0 Å². The van der Waals surface area contributed by atoms with Crippen LogP contribution in [0.3, 0.4) is 0 Å². The summed E-state index contributed by atoms with van der Waals surface area (Å²) in [4.78, 5) is 21.6. The molecule has 0 amide bonds. The average Bonchev–Trinajstić information content (AvgIpc) is 2.37. The highest BCUT2D eigenvalue weighted by Gasteiger charge is 2.25. The molecular weight excluding hydrogens is 248 g/mol. The minimum atomic E-state index is -1.11. The van der Waals surface area contributed by atoms with E-state index < -0.39 is 5.97 Å². The van der Waals surface area contributed by atoms with Gasteiger partial charge in [0.2, 0.25) is 0 Å². The number of carboxylic acids is 1. The molecule has 104 valence electrons. The number of nitrogen functional groups attached to an aromatic ring is 1. The lowest BCUT2D eigenvalue weighted by atomic mass is 10.2. The first-order valence-corrected chi connectivity index (χ1v) is 6.24. The summed E-state index contributed by atoms with van der Waals surface area (Å²) in [6, 6.07) is 0. The molecule has 1 aromatic heterocycles. The monoisotopic (exact) mass is 266 g/mol. The fourth-order valence-corrected chi connectivity index (χ4v) is 2.17. The van der Waals surface area contributed by atoms with E-state index in [0.717, 1.165) is 13.1 Å². The SMILES string of the molecule is CCN1CCOC(c2nc(C)c(C(=O)O)c(N)n2)C1. The molecule has 1 aliphatic rings. The predicted octanol–water partition coefficient (Wildman–Crippen LogP) is 0.459. The normalized spacial score (nSPS) is 20.4. The number of likely N-dealkylation sites (N-methyl/N-ethyl adjacent to an activating group) is 1. The van der Waals surface area contributed by atoms with Gasteiger partial charge >= 0.3 is 5.97 Å². The summed E-state index contributed by atoms with van der Waals surface area (Å²) in [5.74, 6) is -0.660. The van der Waals surface area contributed by atoms with E-state index in [-0.39, 0.29) is 17.5 Å². The molecule has 1 atom stereocenters. The maximum absolute atomic E-state index is 11.0. The third-order valence-electron chi connectivity index (χ3n) is 3.23. The Morgan fingerprint density at radius 2 is 2.32 bits per heavy atom.